The fourth-order valence-corrected chi connectivity index (χ4v) is 2.72. The van der Waals surface area contributed by atoms with Crippen LogP contribution in [0.15, 0.2) is 29.2 Å². The molecule has 22 heavy (non-hydrogen) atoms. The molecule has 0 heterocycles. The number of hydrogen-bond acceptors (Lipinski definition) is 3. The van der Waals surface area contributed by atoms with Crippen molar-refractivity contribution < 1.29 is 18.0 Å². The van der Waals surface area contributed by atoms with Crippen LogP contribution in [0.4, 0.5) is 13.2 Å². The Kier molecular flexibility index (Phi) is 6.18. The summed E-state index contributed by atoms with van der Waals surface area (Å²) in [6.07, 6.45) is 2.07. The van der Waals surface area contributed by atoms with Gasteiger partial charge in [-0.25, -0.2) is 0 Å². The predicted octanol–water partition coefficient (Wildman–Crippen LogP) is 3.58. The van der Waals surface area contributed by atoms with Gasteiger partial charge in [0.05, 0.1) is 5.54 Å². The molecule has 0 spiro atoms. The summed E-state index contributed by atoms with van der Waals surface area (Å²) >= 11 is -0.198. The Morgan fingerprint density at radius 1 is 1.32 bits per heavy atom. The predicted molar refractivity (Wildman–Crippen MR) is 83.3 cm³/mol. The number of rotatable bonds is 5. The Labute approximate surface area is 137 Å². The van der Waals surface area contributed by atoms with Gasteiger partial charge >= 0.3 is 5.51 Å². The molecular formula is C14H18ClF3N2OS. The van der Waals surface area contributed by atoms with Gasteiger partial charge in [0.1, 0.15) is 0 Å². The zero-order valence-electron chi connectivity index (χ0n) is 11.9. The molecule has 3 N–H and O–H groups in total. The van der Waals surface area contributed by atoms with Gasteiger partial charge in [0.25, 0.3) is 5.91 Å². The number of hydrogen-bond donors (Lipinski definition) is 2. The summed E-state index contributed by atoms with van der Waals surface area (Å²) in [5.41, 5.74) is 1.29. The molecule has 8 heteroatoms. The summed E-state index contributed by atoms with van der Waals surface area (Å²) in [5, 5.41) is 2.90. The van der Waals surface area contributed by atoms with E-state index in [0.29, 0.717) is 18.0 Å². The molecule has 3 nitrogen and oxygen atoms in total. The van der Waals surface area contributed by atoms with Gasteiger partial charge in [0.2, 0.25) is 0 Å². The van der Waals surface area contributed by atoms with Gasteiger partial charge in [-0.3, -0.25) is 4.79 Å². The van der Waals surface area contributed by atoms with E-state index in [1.165, 1.54) is 24.3 Å². The van der Waals surface area contributed by atoms with Crippen molar-refractivity contribution in [3.8, 4) is 0 Å². The van der Waals surface area contributed by atoms with Crippen molar-refractivity contribution in [3.05, 3.63) is 29.8 Å². The minimum atomic E-state index is -4.33. The number of halogens is 4. The van der Waals surface area contributed by atoms with Crippen LogP contribution in [0.25, 0.3) is 0 Å². The number of carbonyl (C=O) groups excluding carboxylic acids is 1. The first-order valence-electron chi connectivity index (χ1n) is 6.62. The third kappa shape index (κ3) is 5.07. The van der Waals surface area contributed by atoms with Crippen molar-refractivity contribution in [1.29, 1.82) is 0 Å². The van der Waals surface area contributed by atoms with E-state index in [-0.39, 0.29) is 35.0 Å². The Hall–Kier alpha value is -0.920. The Morgan fingerprint density at radius 2 is 1.86 bits per heavy atom. The maximum Gasteiger partial charge on any atom is 0.446 e. The lowest BCUT2D eigenvalue weighted by Gasteiger charge is -2.29. The van der Waals surface area contributed by atoms with Crippen LogP contribution in [0, 0.1) is 5.92 Å². The van der Waals surface area contributed by atoms with E-state index in [1.54, 1.807) is 0 Å². The average Bonchev–Trinajstić information content (AvgIpc) is 3.22. The molecule has 0 aromatic heterocycles. The molecule has 0 saturated heterocycles. The van der Waals surface area contributed by atoms with Crippen molar-refractivity contribution in [2.24, 2.45) is 11.7 Å². The lowest BCUT2D eigenvalue weighted by atomic mass is 9.95. The molecule has 124 valence electrons. The molecule has 2 rings (SSSR count). The average molecular weight is 355 g/mol. The lowest BCUT2D eigenvalue weighted by molar-refractivity contribution is -0.0328. The van der Waals surface area contributed by atoms with E-state index < -0.39 is 11.0 Å². The summed E-state index contributed by atoms with van der Waals surface area (Å²) in [6.45, 7) is 2.24. The normalized spacial score (nSPS) is 17.3. The second kappa shape index (κ2) is 7.10. The number of alkyl halides is 3. The second-order valence-corrected chi connectivity index (χ2v) is 6.56. The molecule has 1 atom stereocenters. The number of nitrogens with two attached hydrogens (primary N) is 1. The molecular weight excluding hydrogens is 337 g/mol. The smallest absolute Gasteiger partial charge is 0.345 e. The summed E-state index contributed by atoms with van der Waals surface area (Å²) in [7, 11) is 0. The van der Waals surface area contributed by atoms with Crippen molar-refractivity contribution in [2.75, 3.05) is 6.54 Å². The minimum Gasteiger partial charge on any atom is -0.345 e. The first-order valence-corrected chi connectivity index (χ1v) is 7.43. The molecule has 1 aliphatic rings. The summed E-state index contributed by atoms with van der Waals surface area (Å²) < 4.78 is 36.7. The lowest BCUT2D eigenvalue weighted by Crippen LogP contribution is -2.53. The molecule has 1 fully saturated rings. The van der Waals surface area contributed by atoms with Crippen LogP contribution in [0.5, 0.6) is 0 Å². The molecule has 0 bridgehead atoms. The summed E-state index contributed by atoms with van der Waals surface area (Å²) in [6, 6.07) is 5.38. The number of nitrogens with one attached hydrogen (secondary N) is 1. The molecule has 0 aliphatic heterocycles. The summed E-state index contributed by atoms with van der Waals surface area (Å²) in [4.78, 5) is 12.2. The maximum absolute atomic E-state index is 12.2. The zero-order chi connectivity index (χ0) is 15.7. The van der Waals surface area contributed by atoms with E-state index in [2.05, 4.69) is 5.32 Å². The largest absolute Gasteiger partial charge is 0.446 e. The van der Waals surface area contributed by atoms with Crippen LogP contribution in [0.2, 0.25) is 0 Å². The molecule has 1 unspecified atom stereocenters. The van der Waals surface area contributed by atoms with Gasteiger partial charge < -0.3 is 11.1 Å². The van der Waals surface area contributed by atoms with E-state index in [4.69, 9.17) is 5.73 Å². The number of carbonyl (C=O) groups is 1. The molecule has 1 amide bonds. The third-order valence-electron chi connectivity index (χ3n) is 3.65. The van der Waals surface area contributed by atoms with Crippen LogP contribution in [-0.4, -0.2) is 23.5 Å². The monoisotopic (exact) mass is 354 g/mol. The van der Waals surface area contributed by atoms with Crippen molar-refractivity contribution in [2.45, 2.75) is 35.7 Å². The van der Waals surface area contributed by atoms with Gasteiger partial charge in [-0.2, -0.15) is 13.2 Å². The van der Waals surface area contributed by atoms with Gasteiger partial charge in [-0.05, 0) is 61.7 Å². The van der Waals surface area contributed by atoms with Crippen molar-refractivity contribution in [3.63, 3.8) is 0 Å². The minimum absolute atomic E-state index is 0. The van der Waals surface area contributed by atoms with Crippen molar-refractivity contribution >= 4 is 30.1 Å². The maximum atomic E-state index is 12.2. The fraction of sp³-hybridized carbons (Fsp3) is 0.500. The highest BCUT2D eigenvalue weighted by Gasteiger charge is 2.41. The summed E-state index contributed by atoms with van der Waals surface area (Å²) in [5.74, 6) is 0.0740. The first kappa shape index (κ1) is 19.1. The fourth-order valence-electron chi connectivity index (χ4n) is 2.18. The van der Waals surface area contributed by atoms with Crippen LogP contribution in [0.3, 0.4) is 0 Å². The van der Waals surface area contributed by atoms with Gasteiger partial charge in [0, 0.05) is 17.0 Å². The SMILES string of the molecule is CC(CN)(NC(=O)c1ccc(SC(F)(F)F)cc1)C1CC1.Cl. The van der Waals surface area contributed by atoms with Gasteiger partial charge in [-0.15, -0.1) is 12.4 Å². The third-order valence-corrected chi connectivity index (χ3v) is 4.39. The Bertz CT molecular complexity index is 520. The quantitative estimate of drug-likeness (QED) is 0.795. The van der Waals surface area contributed by atoms with Crippen LogP contribution < -0.4 is 11.1 Å². The molecule has 1 aromatic carbocycles. The Balaban J connectivity index is 0.00000242. The van der Waals surface area contributed by atoms with Crippen molar-refractivity contribution in [1.82, 2.24) is 5.32 Å². The Morgan fingerprint density at radius 3 is 2.27 bits per heavy atom. The highest BCUT2D eigenvalue weighted by molar-refractivity contribution is 8.00. The number of thioether (sulfide) groups is 1. The van der Waals surface area contributed by atoms with E-state index in [9.17, 15) is 18.0 Å². The van der Waals surface area contributed by atoms with Crippen LogP contribution in [0.1, 0.15) is 30.1 Å². The molecule has 0 radical (unpaired) electrons. The standard InChI is InChI=1S/C14H17F3N2OS.ClH/c1-13(8-18,10-4-5-10)19-12(20)9-2-6-11(7-3-9)21-14(15,16)17;/h2-3,6-7,10H,4-5,8,18H2,1H3,(H,19,20);1H. The number of amides is 1. The molecule has 1 aliphatic carbocycles. The molecule has 1 aromatic rings. The highest BCUT2D eigenvalue weighted by Crippen LogP contribution is 2.39. The number of benzene rings is 1. The molecule has 1 saturated carbocycles. The highest BCUT2D eigenvalue weighted by atomic mass is 35.5. The van der Waals surface area contributed by atoms with E-state index in [1.807, 2.05) is 6.92 Å². The van der Waals surface area contributed by atoms with Crippen LogP contribution >= 0.6 is 24.2 Å². The zero-order valence-corrected chi connectivity index (χ0v) is 13.6. The van der Waals surface area contributed by atoms with Gasteiger partial charge in [0.15, 0.2) is 0 Å². The topological polar surface area (TPSA) is 55.1 Å². The van der Waals surface area contributed by atoms with E-state index in [0.717, 1.165) is 12.8 Å². The van der Waals surface area contributed by atoms with Gasteiger partial charge in [-0.1, -0.05) is 0 Å². The second-order valence-electron chi connectivity index (χ2n) is 5.42. The first-order chi connectivity index (χ1) is 9.73. The van der Waals surface area contributed by atoms with E-state index >= 15 is 0 Å². The van der Waals surface area contributed by atoms with Crippen LogP contribution in [-0.2, 0) is 0 Å².